The van der Waals surface area contributed by atoms with Crippen molar-refractivity contribution in [2.45, 2.75) is 30.4 Å². The summed E-state index contributed by atoms with van der Waals surface area (Å²) in [6.07, 6.45) is 0.921. The lowest BCUT2D eigenvalue weighted by Crippen LogP contribution is -2.11. The van der Waals surface area contributed by atoms with E-state index in [2.05, 4.69) is 34.6 Å². The van der Waals surface area contributed by atoms with Crippen molar-refractivity contribution in [2.24, 2.45) is 0 Å². The van der Waals surface area contributed by atoms with Crippen molar-refractivity contribution >= 4 is 34.1 Å². The molecule has 5 nitrogen and oxygen atoms in total. The first-order chi connectivity index (χ1) is 13.2. The van der Waals surface area contributed by atoms with Crippen molar-refractivity contribution in [1.29, 1.82) is 0 Å². The number of hydrogen-bond acceptors (Lipinski definition) is 6. The Morgan fingerprint density at radius 1 is 1.19 bits per heavy atom. The molecular formula is C20H21N3O2S2. The number of rotatable bonds is 8. The van der Waals surface area contributed by atoms with E-state index in [4.69, 9.17) is 4.74 Å². The highest BCUT2D eigenvalue weighted by molar-refractivity contribution is 8.00. The Hall–Kier alpha value is -2.38. The molecule has 0 unspecified atom stereocenters. The van der Waals surface area contributed by atoms with Gasteiger partial charge in [0.25, 0.3) is 5.91 Å². The van der Waals surface area contributed by atoms with E-state index in [1.807, 2.05) is 31.2 Å². The molecule has 140 valence electrons. The highest BCUT2D eigenvalue weighted by Crippen LogP contribution is 2.29. The molecule has 2 aromatic carbocycles. The number of carbonyl (C=O) groups excluding carboxylic acids is 1. The second-order valence-electron chi connectivity index (χ2n) is 5.92. The standard InChI is InChI=1S/C20H21N3O2S2/c1-3-11-25-17-10-6-9-15(12-17)18(24)21-19-22-23-20(27-19)26-13-16-8-5-4-7-14(16)2/h4-10,12H,3,11,13H2,1-2H3,(H,21,22,24). The Morgan fingerprint density at radius 2 is 2.04 bits per heavy atom. The zero-order valence-electron chi connectivity index (χ0n) is 15.3. The van der Waals surface area contributed by atoms with Gasteiger partial charge in [0.05, 0.1) is 6.61 Å². The van der Waals surface area contributed by atoms with Gasteiger partial charge < -0.3 is 4.74 Å². The molecule has 1 aromatic heterocycles. The molecule has 0 bridgehead atoms. The summed E-state index contributed by atoms with van der Waals surface area (Å²) < 4.78 is 6.40. The summed E-state index contributed by atoms with van der Waals surface area (Å²) in [7, 11) is 0. The maximum Gasteiger partial charge on any atom is 0.257 e. The summed E-state index contributed by atoms with van der Waals surface area (Å²) in [5, 5.41) is 11.5. The van der Waals surface area contributed by atoms with Gasteiger partial charge in [0.2, 0.25) is 5.13 Å². The molecule has 0 fully saturated rings. The molecule has 0 aliphatic rings. The van der Waals surface area contributed by atoms with Crippen molar-refractivity contribution in [1.82, 2.24) is 10.2 Å². The number of nitrogens with zero attached hydrogens (tertiary/aromatic N) is 2. The van der Waals surface area contributed by atoms with E-state index in [0.717, 1.165) is 16.5 Å². The Balaban J connectivity index is 1.58. The van der Waals surface area contributed by atoms with Crippen LogP contribution in [0.4, 0.5) is 5.13 Å². The third-order valence-electron chi connectivity index (χ3n) is 3.81. The van der Waals surface area contributed by atoms with Crippen LogP contribution in [0.15, 0.2) is 52.9 Å². The number of nitrogens with one attached hydrogen (secondary N) is 1. The molecule has 0 aliphatic heterocycles. The fourth-order valence-corrected chi connectivity index (χ4v) is 4.17. The average molecular weight is 400 g/mol. The smallest absolute Gasteiger partial charge is 0.257 e. The van der Waals surface area contributed by atoms with Crippen LogP contribution < -0.4 is 10.1 Å². The maximum absolute atomic E-state index is 12.4. The second-order valence-corrected chi connectivity index (χ2v) is 8.12. The molecule has 3 aromatic rings. The first-order valence-electron chi connectivity index (χ1n) is 8.70. The van der Waals surface area contributed by atoms with Crippen LogP contribution in [0.2, 0.25) is 0 Å². The van der Waals surface area contributed by atoms with Crippen LogP contribution in [0.3, 0.4) is 0 Å². The Labute approximate surface area is 167 Å². The number of aromatic nitrogens is 2. The second kappa shape index (κ2) is 9.53. The molecule has 7 heteroatoms. The molecule has 1 N–H and O–H groups in total. The van der Waals surface area contributed by atoms with Crippen LogP contribution in [-0.4, -0.2) is 22.7 Å². The third-order valence-corrected chi connectivity index (χ3v) is 5.83. The molecule has 0 saturated heterocycles. The summed E-state index contributed by atoms with van der Waals surface area (Å²) in [5.74, 6) is 1.30. The first kappa shape index (κ1) is 19.4. The molecule has 0 spiro atoms. The van der Waals surface area contributed by atoms with Gasteiger partial charge in [-0.2, -0.15) is 0 Å². The van der Waals surface area contributed by atoms with Crippen LogP contribution in [0, 0.1) is 6.92 Å². The lowest BCUT2D eigenvalue weighted by atomic mass is 10.1. The number of carbonyl (C=O) groups is 1. The van der Waals surface area contributed by atoms with Crippen molar-refractivity contribution < 1.29 is 9.53 Å². The van der Waals surface area contributed by atoms with Crippen LogP contribution in [0.1, 0.15) is 34.8 Å². The maximum atomic E-state index is 12.4. The molecule has 27 heavy (non-hydrogen) atoms. The van der Waals surface area contributed by atoms with E-state index in [9.17, 15) is 4.79 Å². The molecule has 0 saturated carbocycles. The van der Waals surface area contributed by atoms with E-state index in [-0.39, 0.29) is 5.91 Å². The molecule has 1 heterocycles. The molecule has 0 atom stereocenters. The third kappa shape index (κ3) is 5.55. The van der Waals surface area contributed by atoms with E-state index >= 15 is 0 Å². The van der Waals surface area contributed by atoms with Gasteiger partial charge in [-0.25, -0.2) is 0 Å². The summed E-state index contributed by atoms with van der Waals surface area (Å²) >= 11 is 2.99. The fourth-order valence-electron chi connectivity index (χ4n) is 2.35. The van der Waals surface area contributed by atoms with Crippen molar-refractivity contribution in [2.75, 3.05) is 11.9 Å². The van der Waals surface area contributed by atoms with Gasteiger partial charge >= 0.3 is 0 Å². The zero-order valence-corrected chi connectivity index (χ0v) is 16.9. The predicted octanol–water partition coefficient (Wildman–Crippen LogP) is 5.18. The van der Waals surface area contributed by atoms with Gasteiger partial charge in [-0.3, -0.25) is 10.1 Å². The van der Waals surface area contributed by atoms with Crippen LogP contribution in [0.5, 0.6) is 5.75 Å². The number of ether oxygens (including phenoxy) is 1. The number of thioether (sulfide) groups is 1. The number of amides is 1. The number of anilines is 1. The van der Waals surface area contributed by atoms with Gasteiger partial charge in [0.1, 0.15) is 5.75 Å². The Morgan fingerprint density at radius 3 is 2.85 bits per heavy atom. The molecular weight excluding hydrogens is 378 g/mol. The average Bonchev–Trinajstić information content (AvgIpc) is 3.13. The van der Waals surface area contributed by atoms with Crippen LogP contribution >= 0.6 is 23.1 Å². The summed E-state index contributed by atoms with van der Waals surface area (Å²) in [4.78, 5) is 12.4. The van der Waals surface area contributed by atoms with E-state index in [0.29, 0.717) is 23.1 Å². The summed E-state index contributed by atoms with van der Waals surface area (Å²) in [6, 6.07) is 15.4. The normalized spacial score (nSPS) is 10.6. The van der Waals surface area contributed by atoms with Crippen molar-refractivity contribution in [3.05, 3.63) is 65.2 Å². The van der Waals surface area contributed by atoms with Gasteiger partial charge in [-0.15, -0.1) is 10.2 Å². The highest BCUT2D eigenvalue weighted by Gasteiger charge is 2.12. The highest BCUT2D eigenvalue weighted by atomic mass is 32.2. The topological polar surface area (TPSA) is 64.1 Å². The van der Waals surface area contributed by atoms with E-state index < -0.39 is 0 Å². The minimum atomic E-state index is -0.219. The largest absolute Gasteiger partial charge is 0.494 e. The Bertz CT molecular complexity index is 912. The lowest BCUT2D eigenvalue weighted by Gasteiger charge is -2.06. The van der Waals surface area contributed by atoms with Crippen molar-refractivity contribution in [3.8, 4) is 5.75 Å². The molecule has 0 aliphatic carbocycles. The van der Waals surface area contributed by atoms with Gasteiger partial charge in [-0.1, -0.05) is 60.4 Å². The van der Waals surface area contributed by atoms with Gasteiger partial charge in [-0.05, 0) is 42.7 Å². The molecule has 3 rings (SSSR count). The predicted molar refractivity (Wildman–Crippen MR) is 111 cm³/mol. The molecule has 0 radical (unpaired) electrons. The SMILES string of the molecule is CCCOc1cccc(C(=O)Nc2nnc(SCc3ccccc3C)s2)c1. The number of benzene rings is 2. The van der Waals surface area contributed by atoms with Gasteiger partial charge in [0, 0.05) is 11.3 Å². The van der Waals surface area contributed by atoms with Crippen LogP contribution in [0.25, 0.3) is 0 Å². The fraction of sp³-hybridized carbons (Fsp3) is 0.250. The van der Waals surface area contributed by atoms with E-state index in [1.165, 1.54) is 22.5 Å². The van der Waals surface area contributed by atoms with Gasteiger partial charge in [0.15, 0.2) is 4.34 Å². The number of hydrogen-bond donors (Lipinski definition) is 1. The monoisotopic (exact) mass is 399 g/mol. The lowest BCUT2D eigenvalue weighted by molar-refractivity contribution is 0.102. The van der Waals surface area contributed by atoms with Crippen molar-refractivity contribution in [3.63, 3.8) is 0 Å². The summed E-state index contributed by atoms with van der Waals surface area (Å²) in [5.41, 5.74) is 3.06. The summed E-state index contributed by atoms with van der Waals surface area (Å²) in [6.45, 7) is 4.77. The van der Waals surface area contributed by atoms with Crippen LogP contribution in [-0.2, 0) is 5.75 Å². The molecule has 1 amide bonds. The zero-order chi connectivity index (χ0) is 19.1. The quantitative estimate of drug-likeness (QED) is 0.418. The number of aryl methyl sites for hydroxylation is 1. The van der Waals surface area contributed by atoms with E-state index in [1.54, 1.807) is 23.9 Å². The minimum Gasteiger partial charge on any atom is -0.494 e. The Kier molecular flexibility index (Phi) is 6.84. The minimum absolute atomic E-state index is 0.219. The first-order valence-corrected chi connectivity index (χ1v) is 10.5.